The van der Waals surface area contributed by atoms with Crippen LogP contribution < -0.4 is 24.8 Å². The third kappa shape index (κ3) is 5.35. The zero-order valence-corrected chi connectivity index (χ0v) is 20.0. The van der Waals surface area contributed by atoms with Gasteiger partial charge in [-0.2, -0.15) is 0 Å². The van der Waals surface area contributed by atoms with E-state index in [0.29, 0.717) is 12.5 Å². The van der Waals surface area contributed by atoms with Crippen molar-refractivity contribution in [2.45, 2.75) is 33.2 Å². The van der Waals surface area contributed by atoms with Crippen molar-refractivity contribution in [1.82, 2.24) is 0 Å². The van der Waals surface area contributed by atoms with Crippen LogP contribution in [0.1, 0.15) is 44.9 Å². The summed E-state index contributed by atoms with van der Waals surface area (Å²) in [5, 5.41) is 4.98. The van der Waals surface area contributed by atoms with Crippen molar-refractivity contribution in [1.29, 1.82) is 0 Å². The third-order valence-electron chi connectivity index (χ3n) is 5.23. The van der Waals surface area contributed by atoms with Gasteiger partial charge < -0.3 is 30.1 Å². The Bertz CT molecular complexity index is 975. The zero-order chi connectivity index (χ0) is 18.1. The Hall–Kier alpha value is -1.51. The summed E-state index contributed by atoms with van der Waals surface area (Å²) in [5.74, 6) is 0.331. The van der Waals surface area contributed by atoms with Crippen molar-refractivity contribution in [2.75, 3.05) is 0 Å². The van der Waals surface area contributed by atoms with Crippen molar-refractivity contribution in [3.05, 3.63) is 111 Å². The number of benzene rings is 3. The predicted molar refractivity (Wildman–Crippen MR) is 111 cm³/mol. The van der Waals surface area contributed by atoms with Crippen LogP contribution in [0.5, 0.6) is 0 Å². The molecule has 0 saturated carbocycles. The minimum atomic E-state index is 0. The van der Waals surface area contributed by atoms with E-state index in [1.165, 1.54) is 38.9 Å². The maximum Gasteiger partial charge on any atom is 3.00 e. The first-order valence-electron chi connectivity index (χ1n) is 9.24. The summed E-state index contributed by atoms with van der Waals surface area (Å²) in [7, 11) is 0. The van der Waals surface area contributed by atoms with Crippen molar-refractivity contribution >= 4 is 11.8 Å². The maximum absolute atomic E-state index is 4.98. The Morgan fingerprint density at radius 2 is 1.38 bits per heavy atom. The fraction of sp³-hybridized carbons (Fsp3) is 0.200. The molecular weight excluding hydrogens is 433 g/mol. The van der Waals surface area contributed by atoms with E-state index >= 15 is 0 Å². The van der Waals surface area contributed by atoms with Gasteiger partial charge in [0.15, 0.2) is 0 Å². The Kier molecular flexibility index (Phi) is 9.72. The molecule has 4 heteroatoms. The maximum atomic E-state index is 4.98. The van der Waals surface area contributed by atoms with Gasteiger partial charge in [-0.15, -0.1) is 12.2 Å². The quantitative estimate of drug-likeness (QED) is 0.519. The molecule has 1 radical (unpaired) electrons. The van der Waals surface area contributed by atoms with E-state index in [9.17, 15) is 0 Å². The van der Waals surface area contributed by atoms with Gasteiger partial charge in [0.05, 0.1) is 0 Å². The predicted octanol–water partition coefficient (Wildman–Crippen LogP) is 0.981. The molecular formula is C25H24Cl2NTi. The van der Waals surface area contributed by atoms with Crippen LogP contribution in [0.25, 0.3) is 11.4 Å². The second-order valence-corrected chi connectivity index (χ2v) is 7.23. The first kappa shape index (κ1) is 25.5. The molecule has 3 aromatic rings. The molecule has 0 heterocycles. The molecule has 4 rings (SSSR count). The average molecular weight is 457 g/mol. The molecule has 0 fully saturated rings. The Balaban J connectivity index is 0.00000140. The smallest absolute Gasteiger partial charge is 1.00 e. The molecule has 0 bridgehead atoms. The second-order valence-electron chi connectivity index (χ2n) is 7.23. The van der Waals surface area contributed by atoms with Crippen molar-refractivity contribution in [3.63, 3.8) is 0 Å². The van der Waals surface area contributed by atoms with Gasteiger partial charge in [-0.1, -0.05) is 95.1 Å². The summed E-state index contributed by atoms with van der Waals surface area (Å²) in [4.78, 5) is 0. The summed E-state index contributed by atoms with van der Waals surface area (Å²) >= 11 is 0. The van der Waals surface area contributed by atoms with Crippen molar-refractivity contribution in [2.24, 2.45) is 0 Å². The molecule has 0 N–H and O–H groups in total. The average Bonchev–Trinajstić information content (AvgIpc) is 3.05. The molecule has 0 spiro atoms. The van der Waals surface area contributed by atoms with Gasteiger partial charge in [-0.25, -0.2) is 0 Å². The van der Waals surface area contributed by atoms with Crippen LogP contribution in [0.2, 0.25) is 0 Å². The van der Waals surface area contributed by atoms with Crippen LogP contribution in [-0.4, -0.2) is 0 Å². The fourth-order valence-corrected chi connectivity index (χ4v) is 4.09. The molecule has 1 unspecified atom stereocenters. The van der Waals surface area contributed by atoms with E-state index in [4.69, 9.17) is 5.32 Å². The SMILES string of the molecule is Cc1cc(C)c([N-]Cc2ccccc2C2C=Cc3ccccc32)c(C)c1.[Cl-].[Cl-].[Ti+3]. The van der Waals surface area contributed by atoms with Gasteiger partial charge >= 0.3 is 21.7 Å². The standard InChI is InChI=1S/C25H24N.2ClH.Ti/c1-17-14-18(2)25(19(3)15-17)26-16-21-9-5-7-11-23(21)24-13-12-20-8-4-6-10-22(20)24;;;/h4-15,24H,16H2,1-3H3;2*1H;/q-1;;;+3/p-2. The molecule has 1 aliphatic carbocycles. The molecule has 1 atom stereocenters. The Labute approximate surface area is 201 Å². The Morgan fingerprint density at radius 1 is 0.793 bits per heavy atom. The summed E-state index contributed by atoms with van der Waals surface area (Å²) in [5.41, 5.74) is 10.3. The largest absolute Gasteiger partial charge is 3.00 e. The van der Waals surface area contributed by atoms with Gasteiger partial charge in [0.25, 0.3) is 0 Å². The molecule has 29 heavy (non-hydrogen) atoms. The van der Waals surface area contributed by atoms with E-state index in [2.05, 4.69) is 93.6 Å². The van der Waals surface area contributed by atoms with Crippen LogP contribution in [-0.2, 0) is 28.3 Å². The number of aryl methyl sites for hydroxylation is 3. The summed E-state index contributed by atoms with van der Waals surface area (Å²) in [6.45, 7) is 7.16. The van der Waals surface area contributed by atoms with E-state index in [-0.39, 0.29) is 46.5 Å². The number of hydrogen-bond acceptors (Lipinski definition) is 0. The van der Waals surface area contributed by atoms with Gasteiger partial charge in [-0.05, 0) is 37.5 Å². The van der Waals surface area contributed by atoms with E-state index in [1.807, 2.05) is 0 Å². The van der Waals surface area contributed by atoms with E-state index < -0.39 is 0 Å². The van der Waals surface area contributed by atoms with Crippen LogP contribution in [0, 0.1) is 20.8 Å². The molecule has 1 nitrogen and oxygen atoms in total. The molecule has 0 saturated heterocycles. The van der Waals surface area contributed by atoms with E-state index in [1.54, 1.807) is 0 Å². The van der Waals surface area contributed by atoms with Crippen molar-refractivity contribution < 1.29 is 46.5 Å². The van der Waals surface area contributed by atoms with Gasteiger partial charge in [0.1, 0.15) is 0 Å². The summed E-state index contributed by atoms with van der Waals surface area (Å²) in [6, 6.07) is 21.8. The minimum Gasteiger partial charge on any atom is -1.00 e. The van der Waals surface area contributed by atoms with Crippen LogP contribution >= 0.6 is 0 Å². The number of nitrogens with zero attached hydrogens (tertiary/aromatic N) is 1. The van der Waals surface area contributed by atoms with Crippen LogP contribution in [0.3, 0.4) is 0 Å². The van der Waals surface area contributed by atoms with Gasteiger partial charge in [-0.3, -0.25) is 0 Å². The number of allylic oxidation sites excluding steroid dienone is 1. The normalized spacial score (nSPS) is 13.6. The first-order chi connectivity index (χ1) is 12.6. The monoisotopic (exact) mass is 456 g/mol. The number of rotatable bonds is 4. The van der Waals surface area contributed by atoms with E-state index in [0.717, 1.165) is 5.69 Å². The molecule has 0 aromatic heterocycles. The van der Waals surface area contributed by atoms with Crippen LogP contribution in [0.4, 0.5) is 5.69 Å². The molecule has 1 aliphatic rings. The topological polar surface area (TPSA) is 14.1 Å². The van der Waals surface area contributed by atoms with Gasteiger partial charge in [0, 0.05) is 5.92 Å². The fourth-order valence-electron chi connectivity index (χ4n) is 4.09. The summed E-state index contributed by atoms with van der Waals surface area (Å²) in [6.07, 6.45) is 4.55. The molecule has 147 valence electrons. The molecule has 0 aliphatic heterocycles. The van der Waals surface area contributed by atoms with Gasteiger partial charge in [0.2, 0.25) is 0 Å². The number of fused-ring (bicyclic) bond motifs is 1. The Morgan fingerprint density at radius 3 is 2.07 bits per heavy atom. The minimum absolute atomic E-state index is 0. The second kappa shape index (κ2) is 11.0. The van der Waals surface area contributed by atoms with Crippen LogP contribution in [0.15, 0.2) is 66.7 Å². The molecule has 3 aromatic carbocycles. The molecule has 0 amide bonds. The third-order valence-corrected chi connectivity index (χ3v) is 5.23. The summed E-state index contributed by atoms with van der Waals surface area (Å²) < 4.78 is 0. The van der Waals surface area contributed by atoms with Crippen molar-refractivity contribution in [3.8, 4) is 0 Å². The number of hydrogen-bond donors (Lipinski definition) is 0. The first-order valence-corrected chi connectivity index (χ1v) is 9.24. The zero-order valence-electron chi connectivity index (χ0n) is 16.9. The number of halogens is 2.